The molecule has 3 heterocycles. The van der Waals surface area contributed by atoms with Gasteiger partial charge >= 0.3 is 0 Å². The van der Waals surface area contributed by atoms with Crippen LogP contribution in [0.15, 0.2) is 59.6 Å². The molecule has 0 saturated carbocycles. The Labute approximate surface area is 200 Å². The third-order valence-corrected chi connectivity index (χ3v) is 8.76. The van der Waals surface area contributed by atoms with Gasteiger partial charge in [-0.05, 0) is 68.0 Å². The molecule has 0 radical (unpaired) electrons. The number of amides is 1. The molecule has 1 aromatic heterocycles. The Hall–Kier alpha value is -2.97. The number of benzene rings is 2. The number of sulfonamides is 1. The van der Waals surface area contributed by atoms with E-state index in [1.165, 1.54) is 25.0 Å². The first-order chi connectivity index (χ1) is 16.4. The molecule has 0 spiro atoms. The Morgan fingerprint density at radius 3 is 2.35 bits per heavy atom. The molecule has 1 saturated heterocycles. The number of aromatic nitrogens is 2. The topological polar surface area (TPSA) is 84.3 Å². The third kappa shape index (κ3) is 4.65. The SMILES string of the molecule is CC1CCN(S(=O)(=O)c2ccc(C(=O)Nc3ccc(-c4cn5c(n4)CCCC5)cc3)cc2)CC1. The maximum absolute atomic E-state index is 12.9. The summed E-state index contributed by atoms with van der Waals surface area (Å²) in [7, 11) is -3.53. The number of nitrogens with one attached hydrogen (secondary N) is 1. The van der Waals surface area contributed by atoms with Crippen LogP contribution in [0.5, 0.6) is 0 Å². The summed E-state index contributed by atoms with van der Waals surface area (Å²) in [6.45, 7) is 4.26. The second-order valence-corrected chi connectivity index (χ2v) is 11.3. The molecule has 178 valence electrons. The molecule has 1 amide bonds. The number of aryl methyl sites for hydroxylation is 2. The fraction of sp³-hybridized carbons (Fsp3) is 0.385. The second-order valence-electron chi connectivity index (χ2n) is 9.34. The van der Waals surface area contributed by atoms with E-state index in [1.807, 2.05) is 24.3 Å². The lowest BCUT2D eigenvalue weighted by Crippen LogP contribution is -2.37. The van der Waals surface area contributed by atoms with E-state index in [9.17, 15) is 13.2 Å². The summed E-state index contributed by atoms with van der Waals surface area (Å²) in [6, 6.07) is 13.8. The average molecular weight is 479 g/mol. The number of carbonyl (C=O) groups excluding carboxylic acids is 1. The van der Waals surface area contributed by atoms with Crippen LogP contribution in [0.25, 0.3) is 11.3 Å². The van der Waals surface area contributed by atoms with E-state index in [0.29, 0.717) is 30.3 Å². The lowest BCUT2D eigenvalue weighted by atomic mass is 10.0. The van der Waals surface area contributed by atoms with Crippen LogP contribution >= 0.6 is 0 Å². The number of hydrogen-bond acceptors (Lipinski definition) is 4. The third-order valence-electron chi connectivity index (χ3n) is 6.84. The summed E-state index contributed by atoms with van der Waals surface area (Å²) in [4.78, 5) is 17.7. The maximum atomic E-state index is 12.9. The minimum atomic E-state index is -3.53. The first-order valence-corrected chi connectivity index (χ1v) is 13.4. The number of fused-ring (bicyclic) bond motifs is 1. The van der Waals surface area contributed by atoms with Gasteiger partial charge in [0, 0.05) is 49.1 Å². The molecule has 2 aromatic carbocycles. The van der Waals surface area contributed by atoms with Gasteiger partial charge in [-0.1, -0.05) is 19.1 Å². The van der Waals surface area contributed by atoms with Gasteiger partial charge < -0.3 is 9.88 Å². The number of carbonyl (C=O) groups is 1. The first-order valence-electron chi connectivity index (χ1n) is 12.0. The summed E-state index contributed by atoms with van der Waals surface area (Å²) < 4.78 is 29.6. The van der Waals surface area contributed by atoms with E-state index in [4.69, 9.17) is 4.98 Å². The highest BCUT2D eigenvalue weighted by Gasteiger charge is 2.28. The van der Waals surface area contributed by atoms with Crippen molar-refractivity contribution in [1.82, 2.24) is 13.9 Å². The molecule has 8 heteroatoms. The van der Waals surface area contributed by atoms with Crippen LogP contribution in [-0.2, 0) is 23.0 Å². The quantitative estimate of drug-likeness (QED) is 0.583. The van der Waals surface area contributed by atoms with E-state index >= 15 is 0 Å². The van der Waals surface area contributed by atoms with Gasteiger partial charge in [-0.25, -0.2) is 13.4 Å². The normalized spacial score (nSPS) is 17.3. The molecule has 3 aromatic rings. The Morgan fingerprint density at radius 1 is 0.971 bits per heavy atom. The van der Waals surface area contributed by atoms with Crippen LogP contribution in [0.4, 0.5) is 5.69 Å². The average Bonchev–Trinajstić information content (AvgIpc) is 3.29. The Bertz CT molecular complexity index is 1250. The van der Waals surface area contributed by atoms with E-state index in [2.05, 4.69) is 23.0 Å². The second kappa shape index (κ2) is 9.35. The van der Waals surface area contributed by atoms with Gasteiger partial charge in [0.15, 0.2) is 0 Å². The zero-order valence-corrected chi connectivity index (χ0v) is 20.2. The maximum Gasteiger partial charge on any atom is 0.255 e. The number of imidazole rings is 1. The van der Waals surface area contributed by atoms with E-state index in [-0.39, 0.29) is 10.8 Å². The van der Waals surface area contributed by atoms with E-state index in [0.717, 1.165) is 42.9 Å². The van der Waals surface area contributed by atoms with Gasteiger partial charge in [0.25, 0.3) is 5.91 Å². The molecule has 0 bridgehead atoms. The first kappa shape index (κ1) is 22.8. The van der Waals surface area contributed by atoms with Crippen molar-refractivity contribution in [2.45, 2.75) is 50.5 Å². The van der Waals surface area contributed by atoms with Crippen molar-refractivity contribution in [3.8, 4) is 11.3 Å². The Morgan fingerprint density at radius 2 is 1.68 bits per heavy atom. The minimum Gasteiger partial charge on any atom is -0.334 e. The lowest BCUT2D eigenvalue weighted by molar-refractivity contribution is 0.102. The summed E-state index contributed by atoms with van der Waals surface area (Å²) in [5, 5.41) is 2.89. The fourth-order valence-electron chi connectivity index (χ4n) is 4.63. The Balaban J connectivity index is 1.24. The minimum absolute atomic E-state index is 0.228. The predicted molar refractivity (Wildman–Crippen MR) is 132 cm³/mol. The molecule has 0 aliphatic carbocycles. The fourth-order valence-corrected chi connectivity index (χ4v) is 6.10. The van der Waals surface area contributed by atoms with Gasteiger partial charge in [-0.3, -0.25) is 4.79 Å². The molecule has 0 unspecified atom stereocenters. The summed E-state index contributed by atoms with van der Waals surface area (Å²) in [5.41, 5.74) is 3.06. The highest BCUT2D eigenvalue weighted by Crippen LogP contribution is 2.25. The van der Waals surface area contributed by atoms with Crippen LogP contribution in [0.1, 0.15) is 48.8 Å². The van der Waals surface area contributed by atoms with Crippen molar-refractivity contribution in [2.75, 3.05) is 18.4 Å². The molecule has 7 nitrogen and oxygen atoms in total. The highest BCUT2D eigenvalue weighted by molar-refractivity contribution is 7.89. The molecule has 1 fully saturated rings. The van der Waals surface area contributed by atoms with Gasteiger partial charge in [-0.2, -0.15) is 4.31 Å². The van der Waals surface area contributed by atoms with Crippen molar-refractivity contribution in [1.29, 1.82) is 0 Å². The van der Waals surface area contributed by atoms with Crippen LogP contribution in [-0.4, -0.2) is 41.3 Å². The van der Waals surface area contributed by atoms with E-state index in [1.54, 1.807) is 16.4 Å². The standard InChI is InChI=1S/C26H30N4O3S/c1-19-13-16-30(17-14-19)34(32,33)23-11-7-21(8-12-23)26(31)27-22-9-5-20(6-10-22)24-18-29-15-3-2-4-25(29)28-24/h5-12,18-19H,2-4,13-17H2,1H3,(H,27,31). The summed E-state index contributed by atoms with van der Waals surface area (Å²) in [6.07, 6.45) is 7.25. The van der Waals surface area contributed by atoms with Crippen molar-refractivity contribution in [2.24, 2.45) is 5.92 Å². The van der Waals surface area contributed by atoms with Gasteiger partial charge in [-0.15, -0.1) is 0 Å². The van der Waals surface area contributed by atoms with Crippen LogP contribution in [0, 0.1) is 5.92 Å². The largest absolute Gasteiger partial charge is 0.334 e. The van der Waals surface area contributed by atoms with Crippen molar-refractivity contribution < 1.29 is 13.2 Å². The molecule has 2 aliphatic rings. The molecular weight excluding hydrogens is 448 g/mol. The number of hydrogen-bond donors (Lipinski definition) is 1. The molecule has 0 atom stereocenters. The number of nitrogens with zero attached hydrogens (tertiary/aromatic N) is 3. The number of piperidine rings is 1. The van der Waals surface area contributed by atoms with Crippen molar-refractivity contribution in [3.63, 3.8) is 0 Å². The highest BCUT2D eigenvalue weighted by atomic mass is 32.2. The molecule has 2 aliphatic heterocycles. The smallest absolute Gasteiger partial charge is 0.255 e. The summed E-state index contributed by atoms with van der Waals surface area (Å²) >= 11 is 0. The molecule has 5 rings (SSSR count). The monoisotopic (exact) mass is 478 g/mol. The molecule has 1 N–H and O–H groups in total. The van der Waals surface area contributed by atoms with E-state index < -0.39 is 10.0 Å². The van der Waals surface area contributed by atoms with Crippen molar-refractivity contribution >= 4 is 21.6 Å². The van der Waals surface area contributed by atoms with Crippen molar-refractivity contribution in [3.05, 3.63) is 66.1 Å². The van der Waals surface area contributed by atoms with Crippen LogP contribution in [0.3, 0.4) is 0 Å². The van der Waals surface area contributed by atoms with Crippen LogP contribution < -0.4 is 5.32 Å². The summed E-state index contributed by atoms with van der Waals surface area (Å²) in [5.74, 6) is 1.41. The van der Waals surface area contributed by atoms with Gasteiger partial charge in [0.1, 0.15) is 5.82 Å². The lowest BCUT2D eigenvalue weighted by Gasteiger charge is -2.29. The number of rotatable bonds is 5. The number of anilines is 1. The zero-order chi connectivity index (χ0) is 23.7. The van der Waals surface area contributed by atoms with Gasteiger partial charge in [0.2, 0.25) is 10.0 Å². The zero-order valence-electron chi connectivity index (χ0n) is 19.4. The predicted octanol–water partition coefficient (Wildman–Crippen LogP) is 4.56. The van der Waals surface area contributed by atoms with Crippen LogP contribution in [0.2, 0.25) is 0 Å². The molecule has 34 heavy (non-hydrogen) atoms. The molecular formula is C26H30N4O3S. The van der Waals surface area contributed by atoms with Gasteiger partial charge in [0.05, 0.1) is 10.6 Å². The Kier molecular flexibility index (Phi) is 6.27.